The summed E-state index contributed by atoms with van der Waals surface area (Å²) < 4.78 is 4.93. The Kier molecular flexibility index (Phi) is 2.27. The summed E-state index contributed by atoms with van der Waals surface area (Å²) in [5, 5.41) is 4.34. The molecule has 66 valence electrons. The van der Waals surface area contributed by atoms with Gasteiger partial charge in [-0.3, -0.25) is 4.98 Å². The molecule has 0 unspecified atom stereocenters. The van der Waals surface area contributed by atoms with E-state index in [9.17, 15) is 0 Å². The van der Waals surface area contributed by atoms with E-state index in [0.717, 1.165) is 5.69 Å². The Morgan fingerprint density at radius 1 is 1.38 bits per heavy atom. The van der Waals surface area contributed by atoms with Gasteiger partial charge in [-0.2, -0.15) is 4.98 Å². The van der Waals surface area contributed by atoms with Crippen LogP contribution in [0.4, 0.5) is 0 Å². The minimum absolute atomic E-state index is 0.532. The van der Waals surface area contributed by atoms with Crippen molar-refractivity contribution in [2.75, 3.05) is 6.26 Å². The second kappa shape index (κ2) is 3.57. The molecule has 0 fully saturated rings. The highest BCUT2D eigenvalue weighted by molar-refractivity contribution is 7.98. The molecule has 0 radical (unpaired) electrons. The van der Waals surface area contributed by atoms with Gasteiger partial charge in [-0.1, -0.05) is 23.0 Å². The van der Waals surface area contributed by atoms with Crippen molar-refractivity contribution >= 4 is 11.8 Å². The molecule has 2 heterocycles. The van der Waals surface area contributed by atoms with Gasteiger partial charge in [0.25, 0.3) is 5.22 Å². The molecular formula is C8H7N3OS. The minimum atomic E-state index is 0.532. The van der Waals surface area contributed by atoms with Crippen molar-refractivity contribution in [2.45, 2.75) is 5.22 Å². The SMILES string of the molecule is CSc1nc(-c2ccccn2)no1. The van der Waals surface area contributed by atoms with Gasteiger partial charge in [-0.05, 0) is 18.4 Å². The number of hydrogen-bond donors (Lipinski definition) is 0. The highest BCUT2D eigenvalue weighted by Crippen LogP contribution is 2.16. The summed E-state index contributed by atoms with van der Waals surface area (Å²) in [5.41, 5.74) is 0.728. The third-order valence-corrected chi connectivity index (χ3v) is 1.99. The molecular weight excluding hydrogens is 186 g/mol. The van der Waals surface area contributed by atoms with Crippen LogP contribution < -0.4 is 0 Å². The van der Waals surface area contributed by atoms with Gasteiger partial charge < -0.3 is 4.52 Å². The number of nitrogens with zero attached hydrogens (tertiary/aromatic N) is 3. The molecule has 0 saturated carbocycles. The standard InChI is InChI=1S/C8H7N3OS/c1-13-8-10-7(11-12-8)6-4-2-3-5-9-6/h2-5H,1H3. The topological polar surface area (TPSA) is 51.8 Å². The summed E-state index contributed by atoms with van der Waals surface area (Å²) in [6.07, 6.45) is 3.58. The van der Waals surface area contributed by atoms with Crippen LogP contribution in [0.3, 0.4) is 0 Å². The van der Waals surface area contributed by atoms with Crippen LogP contribution in [0.2, 0.25) is 0 Å². The smallest absolute Gasteiger partial charge is 0.285 e. The third-order valence-electron chi connectivity index (χ3n) is 1.48. The van der Waals surface area contributed by atoms with Gasteiger partial charge >= 0.3 is 0 Å². The van der Waals surface area contributed by atoms with E-state index in [0.29, 0.717) is 11.0 Å². The molecule has 0 bridgehead atoms. The molecule has 2 rings (SSSR count). The lowest BCUT2D eigenvalue weighted by molar-refractivity contribution is 0.341. The van der Waals surface area contributed by atoms with E-state index in [1.165, 1.54) is 11.8 Å². The molecule has 0 saturated heterocycles. The second-order valence-electron chi connectivity index (χ2n) is 2.30. The summed E-state index contributed by atoms with van der Waals surface area (Å²) in [7, 11) is 0. The van der Waals surface area contributed by atoms with Crippen LogP contribution in [-0.2, 0) is 0 Å². The van der Waals surface area contributed by atoms with Crippen LogP contribution in [-0.4, -0.2) is 21.4 Å². The number of pyridine rings is 1. The molecule has 0 N–H and O–H groups in total. The second-order valence-corrected chi connectivity index (χ2v) is 3.06. The molecule has 2 aromatic rings. The van der Waals surface area contributed by atoms with Gasteiger partial charge in [0.1, 0.15) is 5.69 Å². The molecule has 0 aliphatic rings. The van der Waals surface area contributed by atoms with Crippen molar-refractivity contribution in [2.24, 2.45) is 0 Å². The highest BCUT2D eigenvalue weighted by Gasteiger charge is 2.07. The third kappa shape index (κ3) is 1.70. The first-order valence-corrected chi connectivity index (χ1v) is 4.92. The summed E-state index contributed by atoms with van der Waals surface area (Å²) in [4.78, 5) is 8.22. The van der Waals surface area contributed by atoms with Crippen molar-refractivity contribution in [1.82, 2.24) is 15.1 Å². The monoisotopic (exact) mass is 193 g/mol. The quantitative estimate of drug-likeness (QED) is 0.681. The van der Waals surface area contributed by atoms with Gasteiger partial charge in [0, 0.05) is 6.20 Å². The van der Waals surface area contributed by atoms with Crippen LogP contribution in [0.25, 0.3) is 11.5 Å². The van der Waals surface area contributed by atoms with Gasteiger partial charge in [-0.25, -0.2) is 0 Å². The highest BCUT2D eigenvalue weighted by atomic mass is 32.2. The van der Waals surface area contributed by atoms with Gasteiger partial charge in [0.15, 0.2) is 0 Å². The first kappa shape index (κ1) is 8.25. The zero-order valence-corrected chi connectivity index (χ0v) is 7.78. The van der Waals surface area contributed by atoms with E-state index < -0.39 is 0 Å². The van der Waals surface area contributed by atoms with Crippen LogP contribution in [0.5, 0.6) is 0 Å². The molecule has 0 amide bonds. The van der Waals surface area contributed by atoms with Gasteiger partial charge in [0.2, 0.25) is 5.82 Å². The maximum atomic E-state index is 4.93. The van der Waals surface area contributed by atoms with E-state index in [2.05, 4.69) is 15.1 Å². The molecule has 0 aliphatic carbocycles. The normalized spacial score (nSPS) is 10.2. The predicted octanol–water partition coefficient (Wildman–Crippen LogP) is 1.85. The van der Waals surface area contributed by atoms with Gasteiger partial charge in [-0.15, -0.1) is 0 Å². The zero-order valence-electron chi connectivity index (χ0n) is 6.97. The zero-order chi connectivity index (χ0) is 9.10. The van der Waals surface area contributed by atoms with Crippen molar-refractivity contribution in [3.05, 3.63) is 24.4 Å². The van der Waals surface area contributed by atoms with E-state index in [1.807, 2.05) is 24.5 Å². The predicted molar refractivity (Wildman–Crippen MR) is 49.3 cm³/mol. The largest absolute Gasteiger partial charge is 0.327 e. The average Bonchev–Trinajstić information content (AvgIpc) is 2.67. The lowest BCUT2D eigenvalue weighted by atomic mass is 10.3. The number of rotatable bonds is 2. The summed E-state index contributed by atoms with van der Waals surface area (Å²) in [6, 6.07) is 5.57. The Hall–Kier alpha value is -1.36. The fourth-order valence-electron chi connectivity index (χ4n) is 0.892. The van der Waals surface area contributed by atoms with Crippen LogP contribution in [0, 0.1) is 0 Å². The van der Waals surface area contributed by atoms with E-state index in [-0.39, 0.29) is 0 Å². The number of aromatic nitrogens is 3. The molecule has 5 heteroatoms. The molecule has 13 heavy (non-hydrogen) atoms. The van der Waals surface area contributed by atoms with Crippen LogP contribution in [0.1, 0.15) is 0 Å². The van der Waals surface area contributed by atoms with E-state index >= 15 is 0 Å². The summed E-state index contributed by atoms with van der Waals surface area (Å²) in [6.45, 7) is 0. The Morgan fingerprint density at radius 2 is 2.31 bits per heavy atom. The molecule has 4 nitrogen and oxygen atoms in total. The van der Waals surface area contributed by atoms with E-state index in [1.54, 1.807) is 6.20 Å². The van der Waals surface area contributed by atoms with E-state index in [4.69, 9.17) is 4.52 Å². The van der Waals surface area contributed by atoms with Crippen LogP contribution >= 0.6 is 11.8 Å². The van der Waals surface area contributed by atoms with Crippen molar-refractivity contribution in [3.8, 4) is 11.5 Å². The first-order chi connectivity index (χ1) is 6.40. The molecule has 0 aromatic carbocycles. The minimum Gasteiger partial charge on any atom is -0.327 e. The Labute approximate surface area is 79.4 Å². The van der Waals surface area contributed by atoms with Crippen LogP contribution in [0.15, 0.2) is 34.1 Å². The number of hydrogen-bond acceptors (Lipinski definition) is 5. The summed E-state index contributed by atoms with van der Waals surface area (Å²) in [5.74, 6) is 0.532. The number of thioether (sulfide) groups is 1. The van der Waals surface area contributed by atoms with Crippen molar-refractivity contribution in [1.29, 1.82) is 0 Å². The fourth-order valence-corrected chi connectivity index (χ4v) is 1.18. The maximum Gasteiger partial charge on any atom is 0.285 e. The lowest BCUT2D eigenvalue weighted by Gasteiger charge is -1.88. The van der Waals surface area contributed by atoms with Crippen molar-refractivity contribution < 1.29 is 4.52 Å². The maximum absolute atomic E-state index is 4.93. The molecule has 0 spiro atoms. The Bertz CT molecular complexity index is 387. The average molecular weight is 193 g/mol. The van der Waals surface area contributed by atoms with Crippen molar-refractivity contribution in [3.63, 3.8) is 0 Å². The fraction of sp³-hybridized carbons (Fsp3) is 0.125. The molecule has 0 aliphatic heterocycles. The summed E-state index contributed by atoms with van der Waals surface area (Å²) >= 11 is 1.42. The Morgan fingerprint density at radius 3 is 2.92 bits per heavy atom. The molecule has 2 aromatic heterocycles. The van der Waals surface area contributed by atoms with Gasteiger partial charge in [0.05, 0.1) is 0 Å². The first-order valence-electron chi connectivity index (χ1n) is 3.69. The Balaban J connectivity index is 2.36. The molecule has 0 atom stereocenters. The lowest BCUT2D eigenvalue weighted by Crippen LogP contribution is -1.83.